The summed E-state index contributed by atoms with van der Waals surface area (Å²) >= 11 is 3.43. The summed E-state index contributed by atoms with van der Waals surface area (Å²) in [4.78, 5) is 25.1. The summed E-state index contributed by atoms with van der Waals surface area (Å²) in [5, 5.41) is 0. The fourth-order valence-corrected chi connectivity index (χ4v) is 3.06. The molecule has 0 bridgehead atoms. The zero-order valence-corrected chi connectivity index (χ0v) is 13.1. The molecule has 0 aromatic heterocycles. The van der Waals surface area contributed by atoms with Crippen LogP contribution in [-0.2, 0) is 6.42 Å². The van der Waals surface area contributed by atoms with Gasteiger partial charge in [-0.1, -0.05) is 52.3 Å². The molecule has 1 aliphatic carbocycles. The van der Waals surface area contributed by atoms with E-state index < -0.39 is 0 Å². The first-order valence-corrected chi connectivity index (χ1v) is 7.50. The molecule has 0 saturated heterocycles. The van der Waals surface area contributed by atoms with Gasteiger partial charge in [0, 0.05) is 33.2 Å². The SMILES string of the molecule is CC1=C(Cc2cccc(Br)c2)C(=O)c2ccccc2C1=O. The predicted octanol–water partition coefficient (Wildman–Crippen LogP) is 4.39. The summed E-state index contributed by atoms with van der Waals surface area (Å²) in [5.74, 6) is -0.0853. The Kier molecular flexibility index (Phi) is 3.60. The molecule has 0 heterocycles. The molecule has 0 unspecified atom stereocenters. The van der Waals surface area contributed by atoms with Crippen LogP contribution in [0.2, 0.25) is 0 Å². The maximum atomic E-state index is 12.6. The van der Waals surface area contributed by atoms with Gasteiger partial charge in [-0.05, 0) is 24.6 Å². The number of Topliss-reactive ketones (excluding diaryl/α,β-unsaturated/α-hetero) is 2. The van der Waals surface area contributed by atoms with E-state index in [-0.39, 0.29) is 11.6 Å². The third kappa shape index (κ3) is 2.49. The third-order valence-corrected chi connectivity index (χ3v) is 4.25. The minimum Gasteiger partial charge on any atom is -0.289 e. The molecule has 0 radical (unpaired) electrons. The molecule has 0 atom stereocenters. The average Bonchev–Trinajstić information content (AvgIpc) is 2.49. The van der Waals surface area contributed by atoms with E-state index in [0.29, 0.717) is 28.7 Å². The molecule has 3 rings (SSSR count). The van der Waals surface area contributed by atoms with Crippen LogP contribution in [-0.4, -0.2) is 11.6 Å². The summed E-state index contributed by atoms with van der Waals surface area (Å²) in [6.45, 7) is 1.74. The molecule has 0 fully saturated rings. The molecule has 104 valence electrons. The van der Waals surface area contributed by atoms with E-state index in [4.69, 9.17) is 0 Å². The van der Waals surface area contributed by atoms with E-state index in [1.807, 2.05) is 24.3 Å². The van der Waals surface area contributed by atoms with E-state index in [9.17, 15) is 9.59 Å². The Morgan fingerprint density at radius 3 is 2.24 bits per heavy atom. The topological polar surface area (TPSA) is 34.1 Å². The number of allylic oxidation sites excluding steroid dienone is 2. The van der Waals surface area contributed by atoms with E-state index in [1.54, 1.807) is 31.2 Å². The largest absolute Gasteiger partial charge is 0.289 e. The normalized spacial score (nSPS) is 14.4. The molecular weight excluding hydrogens is 328 g/mol. The van der Waals surface area contributed by atoms with Crippen molar-refractivity contribution in [3.8, 4) is 0 Å². The minimum atomic E-state index is -0.0461. The Labute approximate surface area is 131 Å². The minimum absolute atomic E-state index is 0.0392. The Hall–Kier alpha value is -2.00. The molecule has 2 aromatic carbocycles. The van der Waals surface area contributed by atoms with Gasteiger partial charge >= 0.3 is 0 Å². The van der Waals surface area contributed by atoms with Gasteiger partial charge in [0.15, 0.2) is 11.6 Å². The number of carbonyl (C=O) groups excluding carboxylic acids is 2. The monoisotopic (exact) mass is 340 g/mol. The molecule has 0 amide bonds. The van der Waals surface area contributed by atoms with Gasteiger partial charge in [0.05, 0.1) is 0 Å². The van der Waals surface area contributed by atoms with Crippen molar-refractivity contribution in [1.29, 1.82) is 0 Å². The summed E-state index contributed by atoms with van der Waals surface area (Å²) < 4.78 is 0.966. The maximum absolute atomic E-state index is 12.6. The van der Waals surface area contributed by atoms with Crippen molar-refractivity contribution < 1.29 is 9.59 Å². The van der Waals surface area contributed by atoms with Crippen LogP contribution in [0.25, 0.3) is 0 Å². The van der Waals surface area contributed by atoms with Crippen LogP contribution in [0.3, 0.4) is 0 Å². The standard InChI is InChI=1S/C18H13BrO2/c1-11-16(10-12-5-4-6-13(19)9-12)18(21)15-8-3-2-7-14(15)17(11)20/h2-9H,10H2,1H3. The summed E-state index contributed by atoms with van der Waals surface area (Å²) in [6.07, 6.45) is 0.476. The van der Waals surface area contributed by atoms with Gasteiger partial charge in [-0.2, -0.15) is 0 Å². The second-order valence-electron chi connectivity index (χ2n) is 5.11. The van der Waals surface area contributed by atoms with Crippen molar-refractivity contribution in [1.82, 2.24) is 0 Å². The van der Waals surface area contributed by atoms with Crippen LogP contribution in [0.15, 0.2) is 64.1 Å². The second kappa shape index (κ2) is 5.41. The average molecular weight is 341 g/mol. The lowest BCUT2D eigenvalue weighted by Crippen LogP contribution is -2.22. The smallest absolute Gasteiger partial charge is 0.190 e. The number of carbonyl (C=O) groups is 2. The maximum Gasteiger partial charge on any atom is 0.190 e. The molecule has 0 saturated carbocycles. The van der Waals surface area contributed by atoms with Crippen molar-refractivity contribution in [3.05, 3.63) is 80.8 Å². The van der Waals surface area contributed by atoms with E-state index in [1.165, 1.54) is 0 Å². The fourth-order valence-electron chi connectivity index (χ4n) is 2.61. The highest BCUT2D eigenvalue weighted by molar-refractivity contribution is 9.10. The van der Waals surface area contributed by atoms with Crippen molar-refractivity contribution >= 4 is 27.5 Å². The Morgan fingerprint density at radius 1 is 0.905 bits per heavy atom. The van der Waals surface area contributed by atoms with Gasteiger partial charge in [0.1, 0.15) is 0 Å². The number of fused-ring (bicyclic) bond motifs is 1. The Bertz CT molecular complexity index is 787. The fraction of sp³-hybridized carbons (Fsp3) is 0.111. The molecule has 1 aliphatic rings. The quantitative estimate of drug-likeness (QED) is 0.812. The van der Waals surface area contributed by atoms with Crippen molar-refractivity contribution in [2.24, 2.45) is 0 Å². The second-order valence-corrected chi connectivity index (χ2v) is 6.03. The van der Waals surface area contributed by atoms with E-state index in [0.717, 1.165) is 10.0 Å². The van der Waals surface area contributed by atoms with Crippen molar-refractivity contribution in [2.75, 3.05) is 0 Å². The highest BCUT2D eigenvalue weighted by Gasteiger charge is 2.29. The van der Waals surface area contributed by atoms with Gasteiger partial charge in [0.2, 0.25) is 0 Å². The summed E-state index contributed by atoms with van der Waals surface area (Å²) in [7, 11) is 0. The van der Waals surface area contributed by atoms with Crippen LogP contribution >= 0.6 is 15.9 Å². The van der Waals surface area contributed by atoms with Crippen LogP contribution in [0, 0.1) is 0 Å². The van der Waals surface area contributed by atoms with E-state index >= 15 is 0 Å². The Balaban J connectivity index is 2.05. The lowest BCUT2D eigenvalue weighted by atomic mass is 9.82. The molecule has 0 N–H and O–H groups in total. The third-order valence-electron chi connectivity index (χ3n) is 3.75. The summed E-state index contributed by atoms with van der Waals surface area (Å²) in [6, 6.07) is 14.8. The molecule has 2 nitrogen and oxygen atoms in total. The predicted molar refractivity (Wildman–Crippen MR) is 85.6 cm³/mol. The number of hydrogen-bond donors (Lipinski definition) is 0. The van der Waals surface area contributed by atoms with Crippen LogP contribution in [0.1, 0.15) is 33.2 Å². The number of benzene rings is 2. The van der Waals surface area contributed by atoms with Gasteiger partial charge in [0.25, 0.3) is 0 Å². The highest BCUT2D eigenvalue weighted by atomic mass is 79.9. The van der Waals surface area contributed by atoms with Gasteiger partial charge < -0.3 is 0 Å². The lowest BCUT2D eigenvalue weighted by Gasteiger charge is -2.19. The number of hydrogen-bond acceptors (Lipinski definition) is 2. The first-order valence-electron chi connectivity index (χ1n) is 6.70. The first-order chi connectivity index (χ1) is 10.1. The molecule has 0 spiro atoms. The highest BCUT2D eigenvalue weighted by Crippen LogP contribution is 2.28. The zero-order chi connectivity index (χ0) is 15.0. The van der Waals surface area contributed by atoms with Crippen LogP contribution in [0.4, 0.5) is 0 Å². The molecule has 0 aliphatic heterocycles. The molecule has 21 heavy (non-hydrogen) atoms. The Morgan fingerprint density at radius 2 is 1.57 bits per heavy atom. The van der Waals surface area contributed by atoms with Crippen molar-refractivity contribution in [3.63, 3.8) is 0 Å². The van der Waals surface area contributed by atoms with Gasteiger partial charge in [-0.25, -0.2) is 0 Å². The van der Waals surface area contributed by atoms with E-state index in [2.05, 4.69) is 15.9 Å². The lowest BCUT2D eigenvalue weighted by molar-refractivity contribution is 0.0973. The van der Waals surface area contributed by atoms with Crippen LogP contribution in [0.5, 0.6) is 0 Å². The van der Waals surface area contributed by atoms with Crippen LogP contribution < -0.4 is 0 Å². The number of rotatable bonds is 2. The van der Waals surface area contributed by atoms with Crippen molar-refractivity contribution in [2.45, 2.75) is 13.3 Å². The number of ketones is 2. The van der Waals surface area contributed by atoms with Gasteiger partial charge in [-0.3, -0.25) is 9.59 Å². The first kappa shape index (κ1) is 14.0. The summed E-state index contributed by atoms with van der Waals surface area (Å²) in [5.41, 5.74) is 3.19. The molecular formula is C18H13BrO2. The molecule has 3 heteroatoms. The number of halogens is 1. The zero-order valence-electron chi connectivity index (χ0n) is 11.5. The van der Waals surface area contributed by atoms with Gasteiger partial charge in [-0.15, -0.1) is 0 Å². The molecule has 2 aromatic rings.